The minimum atomic E-state index is -0.316. The molecule has 212 valence electrons. The molecule has 2 aromatic carbocycles. The molecule has 0 bridgehead atoms. The van der Waals surface area contributed by atoms with Crippen LogP contribution in [0.4, 0.5) is 11.6 Å². The summed E-state index contributed by atoms with van der Waals surface area (Å²) < 4.78 is 5.34. The lowest BCUT2D eigenvalue weighted by Crippen LogP contribution is -2.40. The zero-order chi connectivity index (χ0) is 29.1. The number of rotatable bonds is 6. The van der Waals surface area contributed by atoms with Gasteiger partial charge in [0.25, 0.3) is 11.8 Å². The number of ether oxygens (including phenoxy) is 1. The third kappa shape index (κ3) is 6.41. The molecule has 0 radical (unpaired) electrons. The fourth-order valence-corrected chi connectivity index (χ4v) is 4.56. The van der Waals surface area contributed by atoms with Gasteiger partial charge in [-0.25, -0.2) is 4.98 Å². The Morgan fingerprint density at radius 1 is 1.05 bits per heavy atom. The summed E-state index contributed by atoms with van der Waals surface area (Å²) in [7, 11) is 0. The molecule has 1 aliphatic heterocycles. The minimum Gasteiger partial charge on any atom is -0.378 e. The molecule has 2 amide bonds. The van der Waals surface area contributed by atoms with Crippen LogP contribution in [0, 0.1) is 6.92 Å². The molecule has 0 atom stereocenters. The Balaban J connectivity index is 1.33. The van der Waals surface area contributed by atoms with Crippen LogP contribution in [0.25, 0.3) is 11.4 Å². The number of aromatic nitrogens is 5. The number of aromatic amines is 1. The Hall–Kier alpha value is -4.64. The maximum Gasteiger partial charge on any atom is 0.276 e. The molecular formula is C30H34N8O3. The van der Waals surface area contributed by atoms with Crippen molar-refractivity contribution in [3.8, 4) is 11.4 Å². The van der Waals surface area contributed by atoms with Crippen LogP contribution in [-0.2, 0) is 16.6 Å². The molecule has 0 aliphatic carbocycles. The maximum atomic E-state index is 12.9. The summed E-state index contributed by atoms with van der Waals surface area (Å²) in [6, 6.07) is 14.7. The largest absolute Gasteiger partial charge is 0.378 e. The molecule has 5 rings (SSSR count). The second-order valence-corrected chi connectivity index (χ2v) is 11.1. The molecule has 41 heavy (non-hydrogen) atoms. The van der Waals surface area contributed by atoms with Crippen molar-refractivity contribution < 1.29 is 14.3 Å². The van der Waals surface area contributed by atoms with E-state index in [0.29, 0.717) is 61.3 Å². The molecular weight excluding hydrogens is 520 g/mol. The van der Waals surface area contributed by atoms with Crippen molar-refractivity contribution in [1.29, 1.82) is 0 Å². The van der Waals surface area contributed by atoms with Crippen molar-refractivity contribution in [2.75, 3.05) is 37.4 Å². The molecule has 11 heteroatoms. The number of nitrogens with one attached hydrogen (secondary N) is 2. The molecule has 1 saturated heterocycles. The lowest BCUT2D eigenvalue weighted by molar-refractivity contribution is 0.0303. The van der Waals surface area contributed by atoms with Crippen molar-refractivity contribution in [3.63, 3.8) is 0 Å². The normalized spacial score (nSPS) is 13.7. The van der Waals surface area contributed by atoms with Gasteiger partial charge in [0.15, 0.2) is 11.5 Å². The van der Waals surface area contributed by atoms with Crippen LogP contribution in [0.3, 0.4) is 0 Å². The van der Waals surface area contributed by atoms with Crippen LogP contribution in [0.1, 0.15) is 64.3 Å². The number of hydrogen-bond acceptors (Lipinski definition) is 8. The molecule has 4 aromatic rings. The predicted molar refractivity (Wildman–Crippen MR) is 156 cm³/mol. The Kier molecular flexibility index (Phi) is 7.80. The van der Waals surface area contributed by atoms with E-state index < -0.39 is 0 Å². The number of carbonyl (C=O) groups excluding carboxylic acids is 2. The molecule has 0 saturated carbocycles. The van der Waals surface area contributed by atoms with E-state index in [1.807, 2.05) is 70.2 Å². The van der Waals surface area contributed by atoms with Crippen LogP contribution in [0.15, 0.2) is 48.5 Å². The van der Waals surface area contributed by atoms with Crippen molar-refractivity contribution in [2.24, 2.45) is 0 Å². The molecule has 11 nitrogen and oxygen atoms in total. The third-order valence-corrected chi connectivity index (χ3v) is 7.00. The highest BCUT2D eigenvalue weighted by Crippen LogP contribution is 2.28. The summed E-state index contributed by atoms with van der Waals surface area (Å²) in [6.07, 6.45) is 0.413. The molecule has 2 aromatic heterocycles. The number of nitrogen functional groups attached to an aromatic ring is 1. The third-order valence-electron chi connectivity index (χ3n) is 7.00. The van der Waals surface area contributed by atoms with E-state index in [1.165, 1.54) is 0 Å². The van der Waals surface area contributed by atoms with E-state index in [2.05, 4.69) is 30.5 Å². The number of benzene rings is 2. The van der Waals surface area contributed by atoms with Gasteiger partial charge in [-0.05, 0) is 42.3 Å². The number of nitrogens with two attached hydrogens (primary N) is 1. The van der Waals surface area contributed by atoms with Gasteiger partial charge in [-0.1, -0.05) is 45.0 Å². The average molecular weight is 555 g/mol. The van der Waals surface area contributed by atoms with Crippen LogP contribution in [-0.4, -0.2) is 68.2 Å². The van der Waals surface area contributed by atoms with Crippen molar-refractivity contribution in [1.82, 2.24) is 30.0 Å². The summed E-state index contributed by atoms with van der Waals surface area (Å²) in [5.74, 6) is 0.693. The predicted octanol–water partition coefficient (Wildman–Crippen LogP) is 3.77. The standard InChI is InChI=1S/C30H34N8O3/c1-18-21(6-5-7-22(18)32-27(39)23-17-24(37-36-23)30(2,3)4)26-33-25(34-29(31)35-26)16-19-8-10-20(11-9-19)28(40)38-12-14-41-15-13-38/h5-11,17H,12-16H2,1-4H3,(H,32,39)(H,36,37)(H2,31,33,34,35). The van der Waals surface area contributed by atoms with Gasteiger partial charge in [0.1, 0.15) is 5.82 Å². The first kappa shape index (κ1) is 27.9. The van der Waals surface area contributed by atoms with E-state index in [0.717, 1.165) is 22.4 Å². The van der Waals surface area contributed by atoms with Crippen LogP contribution >= 0.6 is 0 Å². The Labute approximate surface area is 238 Å². The lowest BCUT2D eigenvalue weighted by atomic mass is 9.92. The Bertz CT molecular complexity index is 1570. The monoisotopic (exact) mass is 554 g/mol. The van der Waals surface area contributed by atoms with Crippen LogP contribution in [0.2, 0.25) is 0 Å². The Morgan fingerprint density at radius 2 is 1.78 bits per heavy atom. The van der Waals surface area contributed by atoms with Crippen LogP contribution in [0.5, 0.6) is 0 Å². The summed E-state index contributed by atoms with van der Waals surface area (Å²) in [5.41, 5.74) is 10.8. The van der Waals surface area contributed by atoms with Gasteiger partial charge in [-0.15, -0.1) is 0 Å². The van der Waals surface area contributed by atoms with Gasteiger partial charge in [0.05, 0.1) is 13.2 Å². The van der Waals surface area contributed by atoms with Crippen molar-refractivity contribution in [2.45, 2.75) is 39.5 Å². The smallest absolute Gasteiger partial charge is 0.276 e. The zero-order valence-corrected chi connectivity index (χ0v) is 23.7. The average Bonchev–Trinajstić information content (AvgIpc) is 3.46. The highest BCUT2D eigenvalue weighted by Gasteiger charge is 2.21. The molecule has 1 aliphatic rings. The van der Waals surface area contributed by atoms with E-state index in [1.54, 1.807) is 11.0 Å². The second-order valence-electron chi connectivity index (χ2n) is 11.1. The van der Waals surface area contributed by atoms with E-state index in [4.69, 9.17) is 10.5 Å². The van der Waals surface area contributed by atoms with E-state index >= 15 is 0 Å². The lowest BCUT2D eigenvalue weighted by Gasteiger charge is -2.26. The number of H-pyrrole nitrogens is 1. The van der Waals surface area contributed by atoms with E-state index in [-0.39, 0.29) is 23.2 Å². The number of carbonyl (C=O) groups is 2. The molecule has 4 N–H and O–H groups in total. The second kappa shape index (κ2) is 11.5. The van der Waals surface area contributed by atoms with Crippen molar-refractivity contribution >= 4 is 23.5 Å². The Morgan fingerprint density at radius 3 is 2.46 bits per heavy atom. The van der Waals surface area contributed by atoms with Crippen molar-refractivity contribution in [3.05, 3.63) is 82.4 Å². The van der Waals surface area contributed by atoms with Gasteiger partial charge in [-0.2, -0.15) is 15.1 Å². The number of morpholine rings is 1. The summed E-state index contributed by atoms with van der Waals surface area (Å²) in [5, 5.41) is 10.1. The number of nitrogens with zero attached hydrogens (tertiary/aromatic N) is 5. The number of hydrogen-bond donors (Lipinski definition) is 3. The fraction of sp³-hybridized carbons (Fsp3) is 0.333. The first-order valence-corrected chi connectivity index (χ1v) is 13.5. The topological polar surface area (TPSA) is 152 Å². The number of amides is 2. The molecule has 1 fully saturated rings. The van der Waals surface area contributed by atoms with Gasteiger partial charge >= 0.3 is 0 Å². The van der Waals surface area contributed by atoms with Crippen LogP contribution < -0.4 is 11.1 Å². The molecule has 0 spiro atoms. The van der Waals surface area contributed by atoms with E-state index in [9.17, 15) is 9.59 Å². The summed E-state index contributed by atoms with van der Waals surface area (Å²) in [6.45, 7) is 10.3. The molecule has 3 heterocycles. The molecule has 0 unspecified atom stereocenters. The quantitative estimate of drug-likeness (QED) is 0.326. The highest BCUT2D eigenvalue weighted by atomic mass is 16.5. The summed E-state index contributed by atoms with van der Waals surface area (Å²) >= 11 is 0. The van der Waals surface area contributed by atoms with Gasteiger partial charge in [-0.3, -0.25) is 14.7 Å². The fourth-order valence-electron chi connectivity index (χ4n) is 4.56. The van der Waals surface area contributed by atoms with Gasteiger partial charge in [0.2, 0.25) is 5.95 Å². The van der Waals surface area contributed by atoms with Gasteiger partial charge in [0, 0.05) is 47.4 Å². The first-order chi connectivity index (χ1) is 19.6. The highest BCUT2D eigenvalue weighted by molar-refractivity contribution is 6.03. The first-order valence-electron chi connectivity index (χ1n) is 13.5. The SMILES string of the molecule is Cc1c(NC(=O)c2cc(C(C)(C)C)[nH]n2)cccc1-c1nc(N)nc(Cc2ccc(C(=O)N3CCOCC3)cc2)n1. The summed E-state index contributed by atoms with van der Waals surface area (Å²) in [4.78, 5) is 40.9. The zero-order valence-electron chi connectivity index (χ0n) is 23.7. The van der Waals surface area contributed by atoms with Gasteiger partial charge < -0.3 is 20.7 Å². The maximum absolute atomic E-state index is 12.9. The minimum absolute atomic E-state index is 0.00378. The number of anilines is 2.